The third-order valence-electron chi connectivity index (χ3n) is 2.77. The van der Waals surface area contributed by atoms with Gasteiger partial charge in [0.05, 0.1) is 6.10 Å². The van der Waals surface area contributed by atoms with Gasteiger partial charge in [-0.15, -0.1) is 0 Å². The predicted molar refractivity (Wildman–Crippen MR) is 72.0 cm³/mol. The van der Waals surface area contributed by atoms with E-state index in [9.17, 15) is 20.4 Å². The van der Waals surface area contributed by atoms with Crippen LogP contribution in [0.5, 0.6) is 28.7 Å². The molecule has 0 aliphatic carbocycles. The number of aliphatic hydroxyl groups excluding tert-OH is 1. The Balaban J connectivity index is 2.23. The van der Waals surface area contributed by atoms with E-state index in [4.69, 9.17) is 10.5 Å². The van der Waals surface area contributed by atoms with Crippen molar-refractivity contribution in [3.63, 3.8) is 0 Å². The zero-order chi connectivity index (χ0) is 14.7. The summed E-state index contributed by atoms with van der Waals surface area (Å²) >= 11 is 0. The molecule has 0 radical (unpaired) electrons. The highest BCUT2D eigenvalue weighted by Crippen LogP contribution is 2.35. The van der Waals surface area contributed by atoms with Gasteiger partial charge in [-0.1, -0.05) is 6.07 Å². The molecule has 0 aliphatic heterocycles. The van der Waals surface area contributed by atoms with Crippen molar-refractivity contribution < 1.29 is 25.2 Å². The minimum atomic E-state index is -0.854. The van der Waals surface area contributed by atoms with E-state index in [0.717, 1.165) is 0 Å². The maximum Gasteiger partial charge on any atom is 0.169 e. The van der Waals surface area contributed by atoms with Crippen molar-refractivity contribution in [2.75, 3.05) is 6.54 Å². The van der Waals surface area contributed by atoms with Crippen LogP contribution in [0.15, 0.2) is 36.4 Å². The van der Waals surface area contributed by atoms with Gasteiger partial charge in [0.1, 0.15) is 5.75 Å². The molecule has 1 atom stereocenters. The van der Waals surface area contributed by atoms with Gasteiger partial charge in [-0.2, -0.15) is 0 Å². The summed E-state index contributed by atoms with van der Waals surface area (Å²) in [5.74, 6) is -0.339. The van der Waals surface area contributed by atoms with Crippen LogP contribution in [0.25, 0.3) is 0 Å². The van der Waals surface area contributed by atoms with E-state index in [2.05, 4.69) is 0 Å². The summed E-state index contributed by atoms with van der Waals surface area (Å²) in [4.78, 5) is 0. The molecule has 6 N–H and O–H groups in total. The molecule has 0 bridgehead atoms. The first-order chi connectivity index (χ1) is 9.51. The Morgan fingerprint density at radius 3 is 2.30 bits per heavy atom. The van der Waals surface area contributed by atoms with Crippen LogP contribution >= 0.6 is 0 Å². The van der Waals surface area contributed by atoms with Crippen molar-refractivity contribution >= 4 is 0 Å². The first kappa shape index (κ1) is 14.0. The van der Waals surface area contributed by atoms with E-state index in [1.54, 1.807) is 6.07 Å². The smallest absolute Gasteiger partial charge is 0.169 e. The average Bonchev–Trinajstić information content (AvgIpc) is 2.44. The highest BCUT2D eigenvalue weighted by Gasteiger charge is 2.11. The fraction of sp³-hybridized carbons (Fsp3) is 0.143. The van der Waals surface area contributed by atoms with Crippen molar-refractivity contribution in [2.45, 2.75) is 6.10 Å². The van der Waals surface area contributed by atoms with E-state index in [1.807, 2.05) is 0 Å². The molecule has 0 heterocycles. The molecular weight excluding hydrogens is 262 g/mol. The Bertz CT molecular complexity index is 615. The maximum absolute atomic E-state index is 9.83. The summed E-state index contributed by atoms with van der Waals surface area (Å²) in [5, 5.41) is 37.9. The lowest BCUT2D eigenvalue weighted by atomic mass is 10.1. The Labute approximate surface area is 115 Å². The van der Waals surface area contributed by atoms with Crippen LogP contribution in [0.4, 0.5) is 0 Å². The number of rotatable bonds is 4. The SMILES string of the molecule is NCC(O)c1ccc(Oc2ccc(O)c(O)c2)c(O)c1. The topological polar surface area (TPSA) is 116 Å². The van der Waals surface area contributed by atoms with Gasteiger partial charge in [-0.05, 0) is 29.8 Å². The van der Waals surface area contributed by atoms with Crippen LogP contribution in [0.2, 0.25) is 0 Å². The minimum absolute atomic E-state index is 0.0471. The standard InChI is InChI=1S/C14H15NO5/c15-7-13(19)8-1-4-14(12(18)5-8)20-9-2-3-10(16)11(17)6-9/h1-6,13,16-19H,7,15H2. The van der Waals surface area contributed by atoms with Crippen molar-refractivity contribution in [3.8, 4) is 28.7 Å². The second-order valence-corrected chi connectivity index (χ2v) is 4.23. The molecule has 0 spiro atoms. The monoisotopic (exact) mass is 277 g/mol. The summed E-state index contributed by atoms with van der Waals surface area (Å²) in [6, 6.07) is 8.34. The highest BCUT2D eigenvalue weighted by atomic mass is 16.5. The summed E-state index contributed by atoms with van der Waals surface area (Å²) in [6.45, 7) is 0.0471. The lowest BCUT2D eigenvalue weighted by molar-refractivity contribution is 0.186. The second kappa shape index (κ2) is 5.68. The molecule has 2 aromatic carbocycles. The minimum Gasteiger partial charge on any atom is -0.504 e. The van der Waals surface area contributed by atoms with E-state index < -0.39 is 6.10 Å². The molecule has 106 valence electrons. The van der Waals surface area contributed by atoms with Gasteiger partial charge in [0.15, 0.2) is 23.0 Å². The molecule has 20 heavy (non-hydrogen) atoms. The van der Waals surface area contributed by atoms with E-state index in [-0.39, 0.29) is 35.3 Å². The molecule has 2 rings (SSSR count). The molecule has 1 unspecified atom stereocenters. The Morgan fingerprint density at radius 2 is 1.70 bits per heavy atom. The third kappa shape index (κ3) is 2.93. The zero-order valence-electron chi connectivity index (χ0n) is 10.5. The Kier molecular flexibility index (Phi) is 3.97. The van der Waals surface area contributed by atoms with Crippen LogP contribution in [0.3, 0.4) is 0 Å². The molecule has 0 saturated heterocycles. The normalized spacial score (nSPS) is 12.1. The Morgan fingerprint density at radius 1 is 0.950 bits per heavy atom. The van der Waals surface area contributed by atoms with Crippen LogP contribution in [0, 0.1) is 0 Å². The molecule has 2 aromatic rings. The van der Waals surface area contributed by atoms with E-state index in [1.165, 1.54) is 30.3 Å². The van der Waals surface area contributed by atoms with Crippen molar-refractivity contribution in [2.24, 2.45) is 5.73 Å². The van der Waals surface area contributed by atoms with E-state index in [0.29, 0.717) is 5.56 Å². The molecule has 6 heteroatoms. The molecule has 6 nitrogen and oxygen atoms in total. The van der Waals surface area contributed by atoms with Gasteiger partial charge in [0, 0.05) is 12.6 Å². The Hall–Kier alpha value is -2.44. The fourth-order valence-electron chi connectivity index (χ4n) is 1.66. The first-order valence-electron chi connectivity index (χ1n) is 5.92. The van der Waals surface area contributed by atoms with Crippen molar-refractivity contribution in [3.05, 3.63) is 42.0 Å². The van der Waals surface area contributed by atoms with Crippen LogP contribution in [0.1, 0.15) is 11.7 Å². The fourth-order valence-corrected chi connectivity index (χ4v) is 1.66. The van der Waals surface area contributed by atoms with Crippen LogP contribution in [-0.2, 0) is 0 Å². The van der Waals surface area contributed by atoms with Gasteiger partial charge in [-0.25, -0.2) is 0 Å². The molecule has 0 aliphatic rings. The van der Waals surface area contributed by atoms with Crippen LogP contribution < -0.4 is 10.5 Å². The summed E-state index contributed by atoms with van der Waals surface area (Å²) in [5.41, 5.74) is 5.81. The van der Waals surface area contributed by atoms with Crippen LogP contribution in [-0.4, -0.2) is 27.0 Å². The molecular formula is C14H15NO5. The number of hydrogen-bond donors (Lipinski definition) is 5. The van der Waals surface area contributed by atoms with Gasteiger partial charge in [-0.3, -0.25) is 0 Å². The van der Waals surface area contributed by atoms with Gasteiger partial charge in [0.25, 0.3) is 0 Å². The lowest BCUT2D eigenvalue weighted by Crippen LogP contribution is -2.11. The van der Waals surface area contributed by atoms with Gasteiger partial charge < -0.3 is 30.9 Å². The van der Waals surface area contributed by atoms with Crippen molar-refractivity contribution in [1.29, 1.82) is 0 Å². The van der Waals surface area contributed by atoms with Gasteiger partial charge in [0.2, 0.25) is 0 Å². The number of nitrogens with two attached hydrogens (primary N) is 1. The first-order valence-corrected chi connectivity index (χ1v) is 5.92. The quantitative estimate of drug-likeness (QED) is 0.542. The number of aliphatic hydroxyl groups is 1. The molecule has 0 fully saturated rings. The molecule has 0 saturated carbocycles. The molecule has 0 aromatic heterocycles. The van der Waals surface area contributed by atoms with Crippen molar-refractivity contribution in [1.82, 2.24) is 0 Å². The predicted octanol–water partition coefficient (Wildman–Crippen LogP) is 1.59. The summed E-state index contributed by atoms with van der Waals surface area (Å²) in [6.07, 6.45) is -0.854. The van der Waals surface area contributed by atoms with Gasteiger partial charge >= 0.3 is 0 Å². The second-order valence-electron chi connectivity index (χ2n) is 4.23. The average molecular weight is 277 g/mol. The van der Waals surface area contributed by atoms with E-state index >= 15 is 0 Å². The summed E-state index contributed by atoms with van der Waals surface area (Å²) < 4.78 is 5.38. The highest BCUT2D eigenvalue weighted by molar-refractivity contribution is 5.48. The molecule has 0 amide bonds. The number of phenolic OH excluding ortho intramolecular Hbond substituents is 3. The summed E-state index contributed by atoms with van der Waals surface area (Å²) in [7, 11) is 0. The number of aromatic hydroxyl groups is 3. The largest absolute Gasteiger partial charge is 0.504 e. The number of phenols is 3. The number of hydrogen-bond acceptors (Lipinski definition) is 6. The number of ether oxygens (including phenoxy) is 1. The number of benzene rings is 2. The third-order valence-corrected chi connectivity index (χ3v) is 2.77. The maximum atomic E-state index is 9.83. The zero-order valence-corrected chi connectivity index (χ0v) is 10.5. The lowest BCUT2D eigenvalue weighted by Gasteiger charge is -2.12.